The molecule has 0 amide bonds. The van der Waals surface area contributed by atoms with Crippen LogP contribution in [0, 0.1) is 0 Å². The zero-order valence-electron chi connectivity index (χ0n) is 14.8. The van der Waals surface area contributed by atoms with Crippen LogP contribution in [0.1, 0.15) is 18.1 Å². The average Bonchev–Trinajstić information content (AvgIpc) is 2.64. The highest BCUT2D eigenvalue weighted by molar-refractivity contribution is 5.79. The highest BCUT2D eigenvalue weighted by Gasteiger charge is 2.10. The largest absolute Gasteiger partial charge is 0.494 e. The second-order valence-corrected chi connectivity index (χ2v) is 5.31. The number of nitrogens with one attached hydrogen (secondary N) is 2. The van der Waals surface area contributed by atoms with Gasteiger partial charge in [0, 0.05) is 31.3 Å². The lowest BCUT2D eigenvalue weighted by Crippen LogP contribution is -2.36. The highest BCUT2D eigenvalue weighted by Crippen LogP contribution is 2.20. The van der Waals surface area contributed by atoms with Crippen LogP contribution in [0.2, 0.25) is 0 Å². The summed E-state index contributed by atoms with van der Waals surface area (Å²) in [7, 11) is 1.64. The molecule has 0 unspecified atom stereocenters. The van der Waals surface area contributed by atoms with Gasteiger partial charge in [-0.2, -0.15) is 8.78 Å². The number of nitrogens with zero attached hydrogens (tertiary/aromatic N) is 1. The molecule has 0 atom stereocenters. The Labute approximate surface area is 152 Å². The second kappa shape index (κ2) is 10.2. The van der Waals surface area contributed by atoms with Crippen molar-refractivity contribution in [3.8, 4) is 11.5 Å². The molecule has 0 aliphatic carbocycles. The molecule has 2 aromatic rings. The van der Waals surface area contributed by atoms with Crippen LogP contribution < -0.4 is 20.1 Å². The van der Waals surface area contributed by atoms with E-state index in [0.717, 1.165) is 11.3 Å². The van der Waals surface area contributed by atoms with Gasteiger partial charge >= 0.3 is 6.61 Å². The molecule has 0 saturated carbocycles. The molecule has 0 bridgehead atoms. The van der Waals surface area contributed by atoms with Crippen LogP contribution in [0.3, 0.4) is 0 Å². The number of para-hydroxylation sites is 2. The summed E-state index contributed by atoms with van der Waals surface area (Å²) in [5, 5.41) is 6.28. The predicted octanol–water partition coefficient (Wildman–Crippen LogP) is 3.55. The van der Waals surface area contributed by atoms with E-state index in [2.05, 4.69) is 20.4 Å². The summed E-state index contributed by atoms with van der Waals surface area (Å²) >= 11 is 0. The molecule has 0 spiro atoms. The molecule has 0 saturated heterocycles. The molecule has 5 nitrogen and oxygen atoms in total. The minimum absolute atomic E-state index is 0.146. The third-order valence-corrected chi connectivity index (χ3v) is 3.58. The van der Waals surface area contributed by atoms with Crippen molar-refractivity contribution in [1.82, 2.24) is 10.6 Å². The van der Waals surface area contributed by atoms with Crippen LogP contribution in [0.4, 0.5) is 8.78 Å². The number of halogens is 2. The number of rotatable bonds is 8. The number of aliphatic imine (C=N–C) groups is 1. The minimum Gasteiger partial charge on any atom is -0.494 e. The molecule has 0 aliphatic heterocycles. The van der Waals surface area contributed by atoms with Gasteiger partial charge < -0.3 is 20.1 Å². The Hall–Kier alpha value is -2.83. The molecular formula is C19H23F2N3O2. The van der Waals surface area contributed by atoms with Gasteiger partial charge in [-0.1, -0.05) is 36.4 Å². The maximum atomic E-state index is 12.5. The summed E-state index contributed by atoms with van der Waals surface area (Å²) < 4.78 is 35.1. The maximum Gasteiger partial charge on any atom is 0.387 e. The van der Waals surface area contributed by atoms with Gasteiger partial charge in [0.25, 0.3) is 0 Å². The summed E-state index contributed by atoms with van der Waals surface area (Å²) in [6, 6.07) is 14.4. The second-order valence-electron chi connectivity index (χ2n) is 5.31. The van der Waals surface area contributed by atoms with Crippen molar-refractivity contribution in [3.63, 3.8) is 0 Å². The van der Waals surface area contributed by atoms with E-state index in [0.29, 0.717) is 31.2 Å². The van der Waals surface area contributed by atoms with Gasteiger partial charge in [0.05, 0.1) is 6.61 Å². The minimum atomic E-state index is -2.86. The zero-order chi connectivity index (χ0) is 18.8. The van der Waals surface area contributed by atoms with Crippen LogP contribution in [-0.4, -0.2) is 26.2 Å². The molecule has 2 aromatic carbocycles. The van der Waals surface area contributed by atoms with Gasteiger partial charge in [-0.3, -0.25) is 4.99 Å². The first-order chi connectivity index (χ1) is 12.6. The van der Waals surface area contributed by atoms with Crippen molar-refractivity contribution in [2.75, 3.05) is 13.7 Å². The summed E-state index contributed by atoms with van der Waals surface area (Å²) in [5.74, 6) is 1.50. The molecule has 0 aliphatic rings. The molecule has 0 fully saturated rings. The zero-order valence-corrected chi connectivity index (χ0v) is 14.8. The van der Waals surface area contributed by atoms with Gasteiger partial charge in [-0.05, 0) is 19.1 Å². The number of benzene rings is 2. The van der Waals surface area contributed by atoms with Gasteiger partial charge in [-0.15, -0.1) is 0 Å². The third-order valence-electron chi connectivity index (χ3n) is 3.58. The first-order valence-electron chi connectivity index (χ1n) is 8.32. The highest BCUT2D eigenvalue weighted by atomic mass is 19.3. The summed E-state index contributed by atoms with van der Waals surface area (Å²) in [6.45, 7) is 0.485. The van der Waals surface area contributed by atoms with E-state index in [1.165, 1.54) is 6.07 Å². The van der Waals surface area contributed by atoms with Crippen LogP contribution in [0.5, 0.6) is 11.5 Å². The maximum absolute atomic E-state index is 12.5. The number of hydrogen-bond donors (Lipinski definition) is 2. The SMILES string of the molecule is CCOc1ccccc1CNC(=NC)NCc1ccccc1OC(F)F. The van der Waals surface area contributed by atoms with Gasteiger partial charge in [0.2, 0.25) is 0 Å². The van der Waals surface area contributed by atoms with E-state index in [1.807, 2.05) is 31.2 Å². The Morgan fingerprint density at radius 1 is 0.962 bits per heavy atom. The molecular weight excluding hydrogens is 340 g/mol. The molecule has 26 heavy (non-hydrogen) atoms. The molecule has 2 rings (SSSR count). The van der Waals surface area contributed by atoms with Gasteiger partial charge in [-0.25, -0.2) is 0 Å². The fourth-order valence-electron chi connectivity index (χ4n) is 2.39. The normalized spacial score (nSPS) is 11.3. The van der Waals surface area contributed by atoms with Gasteiger partial charge in [0.1, 0.15) is 11.5 Å². The lowest BCUT2D eigenvalue weighted by atomic mass is 10.2. The first kappa shape index (κ1) is 19.5. The number of alkyl halides is 2. The Morgan fingerprint density at radius 2 is 1.50 bits per heavy atom. The van der Waals surface area contributed by atoms with Crippen molar-refractivity contribution in [1.29, 1.82) is 0 Å². The number of guanidine groups is 1. The van der Waals surface area contributed by atoms with E-state index < -0.39 is 6.61 Å². The lowest BCUT2D eigenvalue weighted by Gasteiger charge is -2.15. The van der Waals surface area contributed by atoms with Gasteiger partial charge in [0.15, 0.2) is 5.96 Å². The van der Waals surface area contributed by atoms with Crippen LogP contribution in [0.15, 0.2) is 53.5 Å². The van der Waals surface area contributed by atoms with E-state index in [9.17, 15) is 8.78 Å². The number of ether oxygens (including phenoxy) is 2. The fraction of sp³-hybridized carbons (Fsp3) is 0.316. The smallest absolute Gasteiger partial charge is 0.387 e. The molecule has 0 radical (unpaired) electrons. The van der Waals surface area contributed by atoms with Crippen LogP contribution in [-0.2, 0) is 13.1 Å². The third kappa shape index (κ3) is 5.91. The Kier molecular flexibility index (Phi) is 7.67. The lowest BCUT2D eigenvalue weighted by molar-refractivity contribution is -0.0504. The number of hydrogen-bond acceptors (Lipinski definition) is 3. The first-order valence-corrected chi connectivity index (χ1v) is 8.32. The molecule has 0 aromatic heterocycles. The van der Waals surface area contributed by atoms with E-state index >= 15 is 0 Å². The Morgan fingerprint density at radius 3 is 2.04 bits per heavy atom. The Bertz CT molecular complexity index is 723. The van der Waals surface area contributed by atoms with Crippen molar-refractivity contribution in [2.45, 2.75) is 26.6 Å². The van der Waals surface area contributed by atoms with E-state index in [-0.39, 0.29) is 5.75 Å². The Balaban J connectivity index is 1.95. The molecule has 2 N–H and O–H groups in total. The topological polar surface area (TPSA) is 54.9 Å². The summed E-state index contributed by atoms with van der Waals surface area (Å²) in [5.41, 5.74) is 1.62. The summed E-state index contributed by atoms with van der Waals surface area (Å²) in [4.78, 5) is 4.15. The van der Waals surface area contributed by atoms with E-state index in [4.69, 9.17) is 4.74 Å². The van der Waals surface area contributed by atoms with Crippen LogP contribution >= 0.6 is 0 Å². The standard InChI is InChI=1S/C19H23F2N3O2/c1-3-25-16-10-6-4-8-14(16)12-23-19(22-2)24-13-15-9-5-7-11-17(15)26-18(20)21/h4-11,18H,3,12-13H2,1-2H3,(H2,22,23,24). The monoisotopic (exact) mass is 363 g/mol. The average molecular weight is 363 g/mol. The van der Waals surface area contributed by atoms with Crippen molar-refractivity contribution in [3.05, 3.63) is 59.7 Å². The molecule has 140 valence electrons. The molecule has 7 heteroatoms. The van der Waals surface area contributed by atoms with E-state index in [1.54, 1.807) is 25.2 Å². The molecule has 0 heterocycles. The summed E-state index contributed by atoms with van der Waals surface area (Å²) in [6.07, 6.45) is 0. The quantitative estimate of drug-likeness (QED) is 0.556. The predicted molar refractivity (Wildman–Crippen MR) is 97.7 cm³/mol. The van der Waals surface area contributed by atoms with Crippen molar-refractivity contribution < 1.29 is 18.3 Å². The van der Waals surface area contributed by atoms with Crippen molar-refractivity contribution in [2.24, 2.45) is 4.99 Å². The fourth-order valence-corrected chi connectivity index (χ4v) is 2.39. The van der Waals surface area contributed by atoms with Crippen LogP contribution in [0.25, 0.3) is 0 Å². The van der Waals surface area contributed by atoms with Crippen molar-refractivity contribution >= 4 is 5.96 Å².